The highest BCUT2D eigenvalue weighted by molar-refractivity contribution is 6.13. The average molecular weight is 319 g/mol. The highest BCUT2D eigenvalue weighted by atomic mass is 15.3. The molecule has 1 aliphatic heterocycles. The van der Waals surface area contributed by atoms with Gasteiger partial charge in [0.05, 0.1) is 34.2 Å². The van der Waals surface area contributed by atoms with Crippen LogP contribution in [0.1, 0.15) is 44.6 Å². The molecule has 1 aliphatic rings. The molecule has 2 aromatic heterocycles. The molecule has 122 valence electrons. The molecule has 0 saturated carbocycles. The summed E-state index contributed by atoms with van der Waals surface area (Å²) >= 11 is 0. The normalized spacial score (nSPS) is 18.3. The van der Waals surface area contributed by atoms with Gasteiger partial charge in [-0.2, -0.15) is 5.10 Å². The molecular weight excluding hydrogens is 298 g/mol. The molecule has 0 saturated heterocycles. The van der Waals surface area contributed by atoms with Crippen molar-refractivity contribution in [1.29, 1.82) is 0 Å². The van der Waals surface area contributed by atoms with Crippen LogP contribution in [-0.2, 0) is 12.5 Å². The van der Waals surface area contributed by atoms with Crippen molar-refractivity contribution in [2.75, 3.05) is 0 Å². The first-order chi connectivity index (χ1) is 11.3. The first-order valence-electron chi connectivity index (χ1n) is 8.16. The fraction of sp³-hybridized carbons (Fsp3) is 0.368. The molecule has 0 fully saturated rings. The molecule has 0 amide bonds. The third-order valence-corrected chi connectivity index (χ3v) is 5.29. The van der Waals surface area contributed by atoms with Gasteiger partial charge in [-0.05, 0) is 26.0 Å². The Labute approximate surface area is 141 Å². The predicted molar refractivity (Wildman–Crippen MR) is 95.5 cm³/mol. The van der Waals surface area contributed by atoms with Crippen LogP contribution in [0.5, 0.6) is 0 Å². The van der Waals surface area contributed by atoms with Gasteiger partial charge in [0.1, 0.15) is 5.69 Å². The molecule has 1 aromatic carbocycles. The van der Waals surface area contributed by atoms with Crippen molar-refractivity contribution in [2.45, 2.75) is 38.6 Å². The van der Waals surface area contributed by atoms with Crippen molar-refractivity contribution in [2.24, 2.45) is 12.0 Å². The molecule has 3 heterocycles. The molecule has 0 N–H and O–H groups in total. The minimum absolute atomic E-state index is 0.155. The Bertz CT molecular complexity index is 978. The lowest BCUT2D eigenvalue weighted by Gasteiger charge is -2.41. The molecule has 5 heteroatoms. The van der Waals surface area contributed by atoms with Crippen LogP contribution in [0.3, 0.4) is 0 Å². The molecule has 0 aliphatic carbocycles. The Morgan fingerprint density at radius 3 is 2.46 bits per heavy atom. The van der Waals surface area contributed by atoms with E-state index in [4.69, 9.17) is 15.1 Å². The van der Waals surface area contributed by atoms with Crippen LogP contribution in [0.25, 0.3) is 11.0 Å². The minimum atomic E-state index is -0.281. The second-order valence-corrected chi connectivity index (χ2v) is 7.45. The smallest absolute Gasteiger partial charge is 0.108 e. The zero-order valence-corrected chi connectivity index (χ0v) is 14.7. The van der Waals surface area contributed by atoms with Gasteiger partial charge in [0, 0.05) is 24.2 Å². The molecule has 0 spiro atoms. The van der Waals surface area contributed by atoms with Crippen LogP contribution in [0.4, 0.5) is 0 Å². The largest absolute Gasteiger partial charge is 0.275 e. The summed E-state index contributed by atoms with van der Waals surface area (Å²) in [5.74, 6) is 0. The lowest BCUT2D eigenvalue weighted by Crippen LogP contribution is -2.46. The van der Waals surface area contributed by atoms with Gasteiger partial charge in [-0.3, -0.25) is 14.7 Å². The van der Waals surface area contributed by atoms with Gasteiger partial charge in [0.15, 0.2) is 0 Å². The lowest BCUT2D eigenvalue weighted by molar-refractivity contribution is 0.294. The van der Waals surface area contributed by atoms with Crippen molar-refractivity contribution in [3.8, 4) is 0 Å². The molecule has 0 radical (unpaired) electrons. The van der Waals surface area contributed by atoms with E-state index in [1.54, 1.807) is 0 Å². The second kappa shape index (κ2) is 4.72. The quantitative estimate of drug-likeness (QED) is 0.692. The van der Waals surface area contributed by atoms with E-state index in [9.17, 15) is 0 Å². The zero-order chi connectivity index (χ0) is 17.1. The summed E-state index contributed by atoms with van der Waals surface area (Å²) in [7, 11) is 1.95. The van der Waals surface area contributed by atoms with Gasteiger partial charge in [-0.1, -0.05) is 26.0 Å². The Hall–Kier alpha value is -2.56. The van der Waals surface area contributed by atoms with Crippen molar-refractivity contribution in [3.63, 3.8) is 0 Å². The number of nitrogens with zero attached hydrogens (tertiary/aromatic N) is 5. The Balaban J connectivity index is 1.97. The van der Waals surface area contributed by atoms with Gasteiger partial charge in [0.25, 0.3) is 0 Å². The minimum Gasteiger partial charge on any atom is -0.275 e. The molecule has 0 atom stereocenters. The molecular formula is C19H21N5. The van der Waals surface area contributed by atoms with Crippen molar-refractivity contribution in [3.05, 3.63) is 53.6 Å². The second-order valence-electron chi connectivity index (χ2n) is 7.45. The summed E-state index contributed by atoms with van der Waals surface area (Å²) in [4.78, 5) is 14.4. The highest BCUT2D eigenvalue weighted by Gasteiger charge is 2.46. The molecule has 3 aromatic rings. The topological polar surface area (TPSA) is 56.0 Å². The van der Waals surface area contributed by atoms with E-state index in [0.717, 1.165) is 33.7 Å². The first kappa shape index (κ1) is 15.0. The zero-order valence-electron chi connectivity index (χ0n) is 14.7. The van der Waals surface area contributed by atoms with Crippen molar-refractivity contribution < 1.29 is 0 Å². The van der Waals surface area contributed by atoms with Gasteiger partial charge < -0.3 is 0 Å². The van der Waals surface area contributed by atoms with E-state index in [1.165, 1.54) is 0 Å². The van der Waals surface area contributed by atoms with Gasteiger partial charge in [-0.25, -0.2) is 4.98 Å². The van der Waals surface area contributed by atoms with Crippen LogP contribution < -0.4 is 0 Å². The molecule has 4 rings (SSSR count). The van der Waals surface area contributed by atoms with E-state index in [-0.39, 0.29) is 11.0 Å². The van der Waals surface area contributed by atoms with E-state index >= 15 is 0 Å². The maximum absolute atomic E-state index is 5.06. The number of hydrogen-bond acceptors (Lipinski definition) is 4. The van der Waals surface area contributed by atoms with Crippen LogP contribution in [0, 0.1) is 0 Å². The number of hydrogen-bond donors (Lipinski definition) is 0. The fourth-order valence-corrected chi connectivity index (χ4v) is 3.16. The van der Waals surface area contributed by atoms with Crippen molar-refractivity contribution in [1.82, 2.24) is 19.7 Å². The number of aromatic nitrogens is 4. The van der Waals surface area contributed by atoms with E-state index in [0.29, 0.717) is 0 Å². The molecule has 24 heavy (non-hydrogen) atoms. The number of fused-ring (bicyclic) bond motifs is 2. The third-order valence-electron chi connectivity index (χ3n) is 5.29. The lowest BCUT2D eigenvalue weighted by atomic mass is 9.69. The Kier molecular flexibility index (Phi) is 2.95. The van der Waals surface area contributed by atoms with E-state index in [1.807, 2.05) is 48.4 Å². The van der Waals surface area contributed by atoms with Crippen molar-refractivity contribution >= 4 is 16.7 Å². The Morgan fingerprint density at radius 2 is 1.71 bits per heavy atom. The number of aliphatic imine (C=N–C) groups is 1. The van der Waals surface area contributed by atoms with Gasteiger partial charge in [0.2, 0.25) is 0 Å². The maximum Gasteiger partial charge on any atom is 0.108 e. The first-order valence-corrected chi connectivity index (χ1v) is 8.16. The number of rotatable bonds is 1. The number of aryl methyl sites for hydroxylation is 1. The van der Waals surface area contributed by atoms with Crippen LogP contribution in [-0.4, -0.2) is 31.0 Å². The summed E-state index contributed by atoms with van der Waals surface area (Å²) in [5, 5.41) is 4.73. The monoisotopic (exact) mass is 319 g/mol. The van der Waals surface area contributed by atoms with Gasteiger partial charge >= 0.3 is 0 Å². The molecule has 0 unspecified atom stereocenters. The summed E-state index contributed by atoms with van der Waals surface area (Å²) in [6.07, 6.45) is 3.84. The maximum atomic E-state index is 5.06. The summed E-state index contributed by atoms with van der Waals surface area (Å²) in [6, 6.07) is 7.90. The van der Waals surface area contributed by atoms with Crippen LogP contribution in [0.15, 0.2) is 41.7 Å². The summed E-state index contributed by atoms with van der Waals surface area (Å²) in [5.41, 5.74) is 5.12. The SMILES string of the molecule is Cn1cc2c(n1)C(C)(C)C(C)(C)N=C2c1cnc2ccccc2n1. The third kappa shape index (κ3) is 2.00. The standard InChI is InChI=1S/C19H21N5/c1-18(2)17-12(11-24(5)23-17)16(22-19(18,3)4)15-10-20-13-8-6-7-9-14(13)21-15/h6-11H,1-5H3. The summed E-state index contributed by atoms with van der Waals surface area (Å²) < 4.78 is 1.86. The fourth-order valence-electron chi connectivity index (χ4n) is 3.16. The number of benzene rings is 1. The molecule has 0 bridgehead atoms. The summed E-state index contributed by atoms with van der Waals surface area (Å²) in [6.45, 7) is 8.70. The number of para-hydroxylation sites is 2. The average Bonchev–Trinajstić information content (AvgIpc) is 2.94. The van der Waals surface area contributed by atoms with Crippen LogP contribution >= 0.6 is 0 Å². The molecule has 5 nitrogen and oxygen atoms in total. The van der Waals surface area contributed by atoms with E-state index < -0.39 is 0 Å². The van der Waals surface area contributed by atoms with Crippen LogP contribution in [0.2, 0.25) is 0 Å². The van der Waals surface area contributed by atoms with E-state index in [2.05, 4.69) is 32.7 Å². The van der Waals surface area contributed by atoms with Gasteiger partial charge in [-0.15, -0.1) is 0 Å². The Morgan fingerprint density at radius 1 is 1.00 bits per heavy atom. The predicted octanol–water partition coefficient (Wildman–Crippen LogP) is 3.27. The highest BCUT2D eigenvalue weighted by Crippen LogP contribution is 2.42.